The third kappa shape index (κ3) is 4.81. The van der Waals surface area contributed by atoms with Gasteiger partial charge in [-0.2, -0.15) is 0 Å². The van der Waals surface area contributed by atoms with Crippen molar-refractivity contribution in [1.29, 1.82) is 0 Å². The zero-order valence-electron chi connectivity index (χ0n) is 11.5. The molecule has 0 aromatic carbocycles. The number of rotatable bonds is 6. The van der Waals surface area contributed by atoms with Gasteiger partial charge in [-0.1, -0.05) is 6.92 Å². The van der Waals surface area contributed by atoms with Gasteiger partial charge in [0, 0.05) is 18.6 Å². The fraction of sp³-hybridized carbons (Fsp3) is 1.00. The van der Waals surface area contributed by atoms with Crippen molar-refractivity contribution in [1.82, 2.24) is 15.1 Å². The Labute approximate surface area is 101 Å². The molecule has 1 heterocycles. The molecule has 1 aliphatic heterocycles. The van der Waals surface area contributed by atoms with Crippen LogP contribution in [0.15, 0.2) is 0 Å². The van der Waals surface area contributed by atoms with E-state index in [9.17, 15) is 0 Å². The van der Waals surface area contributed by atoms with Crippen molar-refractivity contribution in [2.45, 2.75) is 45.2 Å². The van der Waals surface area contributed by atoms with Crippen LogP contribution >= 0.6 is 0 Å². The maximum Gasteiger partial charge on any atom is 0.0195 e. The normalized spacial score (nSPS) is 24.9. The van der Waals surface area contributed by atoms with Crippen molar-refractivity contribution in [3.05, 3.63) is 0 Å². The molecule has 0 aromatic heterocycles. The van der Waals surface area contributed by atoms with Crippen molar-refractivity contribution >= 4 is 0 Å². The highest BCUT2D eigenvalue weighted by molar-refractivity contribution is 4.81. The molecule has 96 valence electrons. The predicted molar refractivity (Wildman–Crippen MR) is 70.9 cm³/mol. The summed E-state index contributed by atoms with van der Waals surface area (Å²) >= 11 is 0. The van der Waals surface area contributed by atoms with Crippen LogP contribution in [0.25, 0.3) is 0 Å². The molecule has 1 N–H and O–H groups in total. The topological polar surface area (TPSA) is 18.5 Å². The maximum atomic E-state index is 3.58. The minimum Gasteiger partial charge on any atom is -0.313 e. The summed E-state index contributed by atoms with van der Waals surface area (Å²) in [6.07, 6.45) is 3.99. The number of nitrogens with one attached hydrogen (secondary N) is 1. The minimum absolute atomic E-state index is 0.723. The molecule has 2 atom stereocenters. The first-order valence-corrected chi connectivity index (χ1v) is 6.75. The monoisotopic (exact) mass is 227 g/mol. The highest BCUT2D eigenvalue weighted by atomic mass is 15.2. The standard InChI is InChI=1S/C13H29N3/c1-5-14-13-7-6-9-16(11-13)12(2)8-10-15(3)4/h12-14H,5-11H2,1-4H3. The Hall–Kier alpha value is -0.120. The van der Waals surface area contributed by atoms with Gasteiger partial charge in [-0.3, -0.25) is 4.90 Å². The molecular weight excluding hydrogens is 198 g/mol. The second kappa shape index (κ2) is 7.25. The van der Waals surface area contributed by atoms with E-state index < -0.39 is 0 Å². The number of likely N-dealkylation sites (tertiary alicyclic amines) is 1. The summed E-state index contributed by atoms with van der Waals surface area (Å²) in [5.41, 5.74) is 0. The minimum atomic E-state index is 0.723. The van der Waals surface area contributed by atoms with Crippen LogP contribution in [0.4, 0.5) is 0 Å². The summed E-state index contributed by atoms with van der Waals surface area (Å²) in [5.74, 6) is 0. The molecule has 1 rings (SSSR count). The van der Waals surface area contributed by atoms with Gasteiger partial charge in [-0.25, -0.2) is 0 Å². The largest absolute Gasteiger partial charge is 0.313 e. The Morgan fingerprint density at radius 1 is 1.44 bits per heavy atom. The van der Waals surface area contributed by atoms with Crippen LogP contribution in [0.1, 0.15) is 33.1 Å². The summed E-state index contributed by atoms with van der Waals surface area (Å²) in [5, 5.41) is 3.58. The lowest BCUT2D eigenvalue weighted by Crippen LogP contribution is -2.49. The zero-order valence-corrected chi connectivity index (χ0v) is 11.5. The van der Waals surface area contributed by atoms with Crippen molar-refractivity contribution in [2.24, 2.45) is 0 Å². The Morgan fingerprint density at radius 3 is 2.81 bits per heavy atom. The van der Waals surface area contributed by atoms with E-state index in [1.807, 2.05) is 0 Å². The van der Waals surface area contributed by atoms with Gasteiger partial charge in [0.25, 0.3) is 0 Å². The molecule has 3 nitrogen and oxygen atoms in total. The van der Waals surface area contributed by atoms with E-state index in [1.165, 1.54) is 38.9 Å². The molecule has 3 heteroatoms. The lowest BCUT2D eigenvalue weighted by Gasteiger charge is -2.37. The van der Waals surface area contributed by atoms with Gasteiger partial charge in [0.05, 0.1) is 0 Å². The van der Waals surface area contributed by atoms with Gasteiger partial charge >= 0.3 is 0 Å². The van der Waals surface area contributed by atoms with Crippen molar-refractivity contribution in [3.63, 3.8) is 0 Å². The van der Waals surface area contributed by atoms with E-state index in [0.717, 1.165) is 18.6 Å². The summed E-state index contributed by atoms with van der Waals surface area (Å²) < 4.78 is 0. The average molecular weight is 227 g/mol. The molecule has 0 saturated carbocycles. The average Bonchev–Trinajstić information content (AvgIpc) is 2.26. The lowest BCUT2D eigenvalue weighted by atomic mass is 10.0. The van der Waals surface area contributed by atoms with Crippen LogP contribution in [0.5, 0.6) is 0 Å². The molecule has 1 saturated heterocycles. The molecular formula is C13H29N3. The van der Waals surface area contributed by atoms with Crippen molar-refractivity contribution < 1.29 is 0 Å². The molecule has 0 spiro atoms. The molecule has 1 aliphatic rings. The molecule has 0 bridgehead atoms. The van der Waals surface area contributed by atoms with Crippen LogP contribution in [-0.2, 0) is 0 Å². The molecule has 1 fully saturated rings. The second-order valence-electron chi connectivity index (χ2n) is 5.33. The number of nitrogens with zero attached hydrogens (tertiary/aromatic N) is 2. The van der Waals surface area contributed by atoms with Crippen LogP contribution in [0, 0.1) is 0 Å². The summed E-state index contributed by atoms with van der Waals surface area (Å²) in [7, 11) is 4.31. The van der Waals surface area contributed by atoms with Gasteiger partial charge in [-0.05, 0) is 59.9 Å². The maximum absolute atomic E-state index is 3.58. The Kier molecular flexibility index (Phi) is 6.32. The van der Waals surface area contributed by atoms with Crippen LogP contribution in [0.3, 0.4) is 0 Å². The third-order valence-corrected chi connectivity index (χ3v) is 3.56. The smallest absolute Gasteiger partial charge is 0.0195 e. The van der Waals surface area contributed by atoms with E-state index in [0.29, 0.717) is 0 Å². The highest BCUT2D eigenvalue weighted by Crippen LogP contribution is 2.14. The number of hydrogen-bond acceptors (Lipinski definition) is 3. The van der Waals surface area contributed by atoms with Crippen LogP contribution in [-0.4, -0.2) is 62.2 Å². The molecule has 0 amide bonds. The van der Waals surface area contributed by atoms with E-state index in [2.05, 4.69) is 43.1 Å². The summed E-state index contributed by atoms with van der Waals surface area (Å²) in [4.78, 5) is 4.93. The van der Waals surface area contributed by atoms with E-state index in [4.69, 9.17) is 0 Å². The SMILES string of the molecule is CCNC1CCCN(C(C)CCN(C)C)C1. The molecule has 2 unspecified atom stereocenters. The number of hydrogen-bond donors (Lipinski definition) is 1. The van der Waals surface area contributed by atoms with Gasteiger partial charge in [0.2, 0.25) is 0 Å². The Bertz CT molecular complexity index is 180. The first-order chi connectivity index (χ1) is 7.63. The quantitative estimate of drug-likeness (QED) is 0.740. The van der Waals surface area contributed by atoms with Gasteiger partial charge in [0.1, 0.15) is 0 Å². The van der Waals surface area contributed by atoms with Gasteiger partial charge < -0.3 is 10.2 Å². The lowest BCUT2D eigenvalue weighted by molar-refractivity contribution is 0.134. The van der Waals surface area contributed by atoms with Crippen LogP contribution in [0.2, 0.25) is 0 Å². The van der Waals surface area contributed by atoms with Gasteiger partial charge in [-0.15, -0.1) is 0 Å². The molecule has 0 aliphatic carbocycles. The number of likely N-dealkylation sites (N-methyl/N-ethyl adjacent to an activating group) is 1. The van der Waals surface area contributed by atoms with E-state index >= 15 is 0 Å². The zero-order chi connectivity index (χ0) is 12.0. The van der Waals surface area contributed by atoms with Crippen molar-refractivity contribution in [3.8, 4) is 0 Å². The molecule has 0 aromatic rings. The van der Waals surface area contributed by atoms with Crippen LogP contribution < -0.4 is 5.32 Å². The Balaban J connectivity index is 2.28. The first-order valence-electron chi connectivity index (χ1n) is 6.75. The molecule has 16 heavy (non-hydrogen) atoms. The fourth-order valence-electron chi connectivity index (χ4n) is 2.49. The number of piperidine rings is 1. The third-order valence-electron chi connectivity index (χ3n) is 3.56. The molecule has 0 radical (unpaired) electrons. The highest BCUT2D eigenvalue weighted by Gasteiger charge is 2.22. The predicted octanol–water partition coefficient (Wildman–Crippen LogP) is 1.40. The van der Waals surface area contributed by atoms with Crippen molar-refractivity contribution in [2.75, 3.05) is 40.3 Å². The Morgan fingerprint density at radius 2 is 2.19 bits per heavy atom. The van der Waals surface area contributed by atoms with E-state index in [1.54, 1.807) is 0 Å². The second-order valence-corrected chi connectivity index (χ2v) is 5.33. The summed E-state index contributed by atoms with van der Waals surface area (Å²) in [6, 6.07) is 1.45. The fourth-order valence-corrected chi connectivity index (χ4v) is 2.49. The summed E-state index contributed by atoms with van der Waals surface area (Å²) in [6.45, 7) is 9.40. The first kappa shape index (κ1) is 13.9. The van der Waals surface area contributed by atoms with Gasteiger partial charge in [0.15, 0.2) is 0 Å². The van der Waals surface area contributed by atoms with E-state index in [-0.39, 0.29) is 0 Å².